The third kappa shape index (κ3) is 9.18. The van der Waals surface area contributed by atoms with Crippen molar-refractivity contribution in [3.05, 3.63) is 12.4 Å². The molecule has 0 aromatic heterocycles. The van der Waals surface area contributed by atoms with E-state index >= 15 is 0 Å². The van der Waals surface area contributed by atoms with E-state index in [1.807, 2.05) is 19.4 Å². The monoisotopic (exact) mass is 222 g/mol. The lowest BCUT2D eigenvalue weighted by molar-refractivity contribution is 0.217. The van der Waals surface area contributed by atoms with Crippen LogP contribution in [0.4, 0.5) is 18.8 Å². The Morgan fingerprint density at radius 2 is 1.64 bits per heavy atom. The first-order chi connectivity index (χ1) is 4.33. The molecular weight excluding hydrogens is 203 g/mol. The van der Waals surface area contributed by atoms with Gasteiger partial charge in [0, 0.05) is 26.0 Å². The Morgan fingerprint density at radius 3 is 1.93 bits per heavy atom. The molecule has 1 heterocycles. The largest absolute Gasteiger partial charge is 0.395 e. The van der Waals surface area contributed by atoms with Crippen molar-refractivity contribution < 1.29 is 23.9 Å². The van der Waals surface area contributed by atoms with E-state index in [9.17, 15) is 0 Å². The summed E-state index contributed by atoms with van der Waals surface area (Å²) in [6.45, 7) is 1.87. The van der Waals surface area contributed by atoms with Gasteiger partial charge in [-0.2, -0.15) is 0 Å². The molecule has 0 aromatic rings. The van der Waals surface area contributed by atoms with Crippen molar-refractivity contribution >= 4 is 8.41 Å². The fraction of sp³-hybridized carbons (Fsp3) is 0.667. The molecule has 1 aliphatic rings. The number of β-amino-alcohol motifs (C(OH)–C–C–N with tert-alkyl or cyclic N) is 1. The minimum atomic E-state index is 0. The Balaban J connectivity index is -0.0000000540. The van der Waals surface area contributed by atoms with Gasteiger partial charge in [-0.15, -0.1) is 0 Å². The van der Waals surface area contributed by atoms with Crippen LogP contribution in [0.1, 0.15) is 0 Å². The summed E-state index contributed by atoms with van der Waals surface area (Å²) in [7, 11) is 2.01. The summed E-state index contributed by atoms with van der Waals surface area (Å²) < 4.78 is 0. The molecule has 0 fully saturated rings. The number of rotatable bonds is 2. The van der Waals surface area contributed by atoms with Crippen LogP contribution in [0.5, 0.6) is 0 Å². The molecule has 0 bridgehead atoms. The second-order valence-corrected chi connectivity index (χ2v) is 2.23. The highest BCUT2D eigenvalue weighted by atomic mass is 19.0. The zero-order valence-corrected chi connectivity index (χ0v) is 7.25. The molecule has 0 saturated carbocycles. The number of nitrogens with zero attached hydrogens (tertiary/aromatic N) is 2. The molecule has 0 amide bonds. The standard InChI is InChI=1S/C6H12N2O.BH3.4FH/c1-7-2-3-8(6-7)4-5-9;;;;;/h2-3,9H,4-6H2,1H3;1H3;4*1H. The zero-order chi connectivity index (χ0) is 6.69. The van der Waals surface area contributed by atoms with Gasteiger partial charge in [0.25, 0.3) is 0 Å². The molecule has 1 rings (SSSR count). The van der Waals surface area contributed by atoms with Crippen LogP contribution < -0.4 is 0 Å². The number of hydrogen-bond acceptors (Lipinski definition) is 3. The topological polar surface area (TPSA) is 26.7 Å². The first kappa shape index (κ1) is 29.2. The van der Waals surface area contributed by atoms with Gasteiger partial charge in [-0.05, 0) is 0 Å². The lowest BCUT2D eigenvalue weighted by Gasteiger charge is -2.15. The van der Waals surface area contributed by atoms with Crippen molar-refractivity contribution in [3.63, 3.8) is 0 Å². The van der Waals surface area contributed by atoms with Crippen molar-refractivity contribution in [2.75, 3.05) is 26.9 Å². The van der Waals surface area contributed by atoms with Gasteiger partial charge >= 0.3 is 0 Å². The molecule has 90 valence electrons. The van der Waals surface area contributed by atoms with E-state index in [-0.39, 0.29) is 33.8 Å². The molecule has 0 spiro atoms. The summed E-state index contributed by atoms with van der Waals surface area (Å²) in [5.41, 5.74) is 0. The van der Waals surface area contributed by atoms with Gasteiger partial charge in [-0.1, -0.05) is 0 Å². The van der Waals surface area contributed by atoms with Gasteiger partial charge in [-0.3, -0.25) is 18.8 Å². The van der Waals surface area contributed by atoms with E-state index in [4.69, 9.17) is 5.11 Å². The molecule has 1 aliphatic heterocycles. The predicted molar refractivity (Wildman–Crippen MR) is 55.5 cm³/mol. The third-order valence-corrected chi connectivity index (χ3v) is 1.32. The van der Waals surface area contributed by atoms with E-state index in [1.54, 1.807) is 0 Å². The van der Waals surface area contributed by atoms with Gasteiger partial charge in [-0.25, -0.2) is 0 Å². The fourth-order valence-corrected chi connectivity index (χ4v) is 0.863. The van der Waals surface area contributed by atoms with Crippen LogP contribution in [0.2, 0.25) is 0 Å². The lowest BCUT2D eigenvalue weighted by atomic mass is 10.6. The summed E-state index contributed by atoms with van der Waals surface area (Å²) in [5.74, 6) is 0. The molecule has 0 saturated heterocycles. The van der Waals surface area contributed by atoms with Crippen LogP contribution in [0.15, 0.2) is 12.4 Å². The maximum absolute atomic E-state index is 8.52. The Kier molecular flexibility index (Phi) is 30.5. The Hall–Kier alpha value is -0.915. The van der Waals surface area contributed by atoms with Crippen LogP contribution in [0.25, 0.3) is 0 Å². The smallest absolute Gasteiger partial charge is 0.0891 e. The van der Waals surface area contributed by atoms with Crippen molar-refractivity contribution in [1.82, 2.24) is 9.80 Å². The summed E-state index contributed by atoms with van der Waals surface area (Å²) >= 11 is 0. The van der Waals surface area contributed by atoms with Gasteiger partial charge in [0.1, 0.15) is 0 Å². The van der Waals surface area contributed by atoms with E-state index in [2.05, 4.69) is 9.80 Å². The summed E-state index contributed by atoms with van der Waals surface area (Å²) in [5, 5.41) is 8.52. The molecule has 0 aromatic carbocycles. The first-order valence-electron chi connectivity index (χ1n) is 3.06. The summed E-state index contributed by atoms with van der Waals surface area (Å²) in [6.07, 6.45) is 3.98. The normalized spacial score (nSPS) is 11.3. The molecule has 0 radical (unpaired) electrons. The second-order valence-electron chi connectivity index (χ2n) is 2.23. The summed E-state index contributed by atoms with van der Waals surface area (Å²) in [6, 6.07) is 0. The molecule has 14 heavy (non-hydrogen) atoms. The number of aliphatic hydroxyl groups is 1. The maximum Gasteiger partial charge on any atom is 0.0891 e. The van der Waals surface area contributed by atoms with Gasteiger partial charge in [0.05, 0.1) is 21.7 Å². The minimum absolute atomic E-state index is 0. The van der Waals surface area contributed by atoms with Crippen LogP contribution in [0, 0.1) is 0 Å². The van der Waals surface area contributed by atoms with Gasteiger partial charge in [0.2, 0.25) is 0 Å². The molecule has 0 atom stereocenters. The highest BCUT2D eigenvalue weighted by Gasteiger charge is 2.05. The molecule has 1 N–H and O–H groups in total. The van der Waals surface area contributed by atoms with Gasteiger partial charge < -0.3 is 14.9 Å². The first-order valence-corrected chi connectivity index (χ1v) is 3.06. The van der Waals surface area contributed by atoms with E-state index in [0.29, 0.717) is 0 Å². The van der Waals surface area contributed by atoms with E-state index in [1.165, 1.54) is 0 Å². The Morgan fingerprint density at radius 1 is 1.14 bits per heavy atom. The van der Waals surface area contributed by atoms with Crippen LogP contribution >= 0.6 is 0 Å². The minimum Gasteiger partial charge on any atom is -0.395 e. The zero-order valence-electron chi connectivity index (χ0n) is 7.25. The molecule has 3 nitrogen and oxygen atoms in total. The number of hydrogen-bond donors (Lipinski definition) is 1. The third-order valence-electron chi connectivity index (χ3n) is 1.32. The molecular formula is C6H19BF4N2O. The van der Waals surface area contributed by atoms with Crippen LogP contribution in [-0.4, -0.2) is 50.2 Å². The predicted octanol–water partition coefficient (Wildman–Crippen LogP) is -0.919. The SMILES string of the molecule is B.CN1C=CN(CCO)C1.F.F.F.F. The lowest BCUT2D eigenvalue weighted by Crippen LogP contribution is -2.24. The van der Waals surface area contributed by atoms with Crippen molar-refractivity contribution in [1.29, 1.82) is 0 Å². The van der Waals surface area contributed by atoms with E-state index < -0.39 is 0 Å². The van der Waals surface area contributed by atoms with Crippen molar-refractivity contribution in [2.45, 2.75) is 0 Å². The van der Waals surface area contributed by atoms with Crippen molar-refractivity contribution in [2.24, 2.45) is 0 Å². The van der Waals surface area contributed by atoms with Crippen molar-refractivity contribution in [3.8, 4) is 0 Å². The van der Waals surface area contributed by atoms with Gasteiger partial charge in [0.15, 0.2) is 0 Å². The maximum atomic E-state index is 8.52. The Bertz CT molecular complexity index is 130. The quantitative estimate of drug-likeness (QED) is 0.483. The number of halogens is 4. The number of aliphatic hydroxyl groups excluding tert-OH is 1. The highest BCUT2D eigenvalue weighted by Crippen LogP contribution is 2.01. The van der Waals surface area contributed by atoms with Crippen LogP contribution in [0.3, 0.4) is 0 Å². The molecule has 0 unspecified atom stereocenters. The average Bonchev–Trinajstić information content (AvgIpc) is 2.17. The second kappa shape index (κ2) is 14.6. The average molecular weight is 222 g/mol. The molecule has 8 heteroatoms. The Labute approximate surface area is 82.4 Å². The fourth-order valence-electron chi connectivity index (χ4n) is 0.863. The summed E-state index contributed by atoms with van der Waals surface area (Å²) in [4.78, 5) is 4.12. The van der Waals surface area contributed by atoms with E-state index in [0.717, 1.165) is 13.2 Å². The highest BCUT2D eigenvalue weighted by molar-refractivity contribution is 5.75. The van der Waals surface area contributed by atoms with Crippen LogP contribution in [-0.2, 0) is 0 Å². The molecule has 0 aliphatic carbocycles.